The molecule has 0 aliphatic rings. The van der Waals surface area contributed by atoms with E-state index in [0.717, 1.165) is 0 Å². The molecular weight excluding hydrogens is 155 g/mol. The molecule has 0 heterocycles. The Morgan fingerprint density at radius 3 is 2.20 bits per heavy atom. The zero-order valence-corrected chi connectivity index (χ0v) is 6.84. The Balaban J connectivity index is 3.98. The van der Waals surface area contributed by atoms with Crippen LogP contribution < -0.4 is 0 Å². The minimum Gasteiger partial charge on any atom is -0.481 e. The van der Waals surface area contributed by atoms with E-state index in [1.54, 1.807) is 0 Å². The third kappa shape index (κ3) is 3.64. The van der Waals surface area contributed by atoms with E-state index in [1.807, 2.05) is 0 Å². The van der Waals surface area contributed by atoms with Gasteiger partial charge in [-0.1, -0.05) is 6.92 Å². The van der Waals surface area contributed by atoms with Gasteiger partial charge in [0, 0.05) is 12.3 Å². The zero-order valence-electron chi connectivity index (χ0n) is 5.94. The Kier molecular flexibility index (Phi) is 3.06. The van der Waals surface area contributed by atoms with Crippen molar-refractivity contribution in [2.75, 3.05) is 6.66 Å². The fourth-order valence-electron chi connectivity index (χ4n) is 0.422. The molecule has 0 aromatic carbocycles. The Hall–Kier alpha value is -0.340. The first-order valence-electron chi connectivity index (χ1n) is 2.85. The van der Waals surface area contributed by atoms with Gasteiger partial charge in [-0.05, 0) is 0 Å². The molecule has 0 bridgehead atoms. The summed E-state index contributed by atoms with van der Waals surface area (Å²) in [6, 6.07) is 0. The van der Waals surface area contributed by atoms with Crippen LogP contribution in [-0.2, 0) is 9.36 Å². The van der Waals surface area contributed by atoms with Crippen molar-refractivity contribution >= 4 is 13.3 Å². The van der Waals surface area contributed by atoms with Crippen molar-refractivity contribution in [2.24, 2.45) is 0 Å². The molecule has 0 saturated heterocycles. The summed E-state index contributed by atoms with van der Waals surface area (Å²) in [5.74, 6) is -1.04. The average Bonchev–Trinajstić information content (AvgIpc) is 1.60. The predicted octanol–water partition coefficient (Wildman–Crippen LogP) is 0.750. The van der Waals surface area contributed by atoms with E-state index >= 15 is 0 Å². The van der Waals surface area contributed by atoms with Gasteiger partial charge in [-0.25, -0.2) is 0 Å². The maximum Gasteiger partial charge on any atom is 0.304 e. The van der Waals surface area contributed by atoms with E-state index in [0.29, 0.717) is 0 Å². The van der Waals surface area contributed by atoms with Gasteiger partial charge in [0.2, 0.25) is 7.37 Å². The number of carbonyl (C=O) groups is 1. The first-order chi connectivity index (χ1) is 4.34. The van der Waals surface area contributed by atoms with Crippen molar-refractivity contribution in [3.05, 3.63) is 0 Å². The van der Waals surface area contributed by atoms with Crippen LogP contribution in [0.15, 0.2) is 0 Å². The van der Waals surface area contributed by atoms with Crippen LogP contribution in [0.4, 0.5) is 0 Å². The minimum absolute atomic E-state index is 0.246. The zero-order chi connectivity index (χ0) is 8.36. The molecule has 0 aromatic heterocycles. The van der Waals surface area contributed by atoms with E-state index in [2.05, 4.69) is 0 Å². The maximum absolute atomic E-state index is 10.7. The minimum atomic E-state index is -3.19. The van der Waals surface area contributed by atoms with Crippen molar-refractivity contribution in [2.45, 2.75) is 19.0 Å². The third-order valence-corrected chi connectivity index (χ3v) is 3.11. The molecule has 0 rings (SSSR count). The Morgan fingerprint density at radius 1 is 1.70 bits per heavy atom. The lowest BCUT2D eigenvalue weighted by Gasteiger charge is -2.11. The van der Waals surface area contributed by atoms with Crippen LogP contribution in [-0.4, -0.2) is 28.3 Å². The van der Waals surface area contributed by atoms with Crippen LogP contribution in [0.5, 0.6) is 0 Å². The molecule has 0 amide bonds. The number of carboxylic acid groups (broad SMARTS) is 1. The molecule has 0 aromatic rings. The molecule has 0 aliphatic carbocycles. The molecule has 2 unspecified atom stereocenters. The van der Waals surface area contributed by atoms with E-state index in [-0.39, 0.29) is 6.42 Å². The molecule has 2 N–H and O–H groups in total. The number of hydrogen-bond acceptors (Lipinski definition) is 2. The van der Waals surface area contributed by atoms with Gasteiger partial charge in [0.1, 0.15) is 0 Å². The summed E-state index contributed by atoms with van der Waals surface area (Å²) < 4.78 is 10.7. The molecule has 0 radical (unpaired) electrons. The highest BCUT2D eigenvalue weighted by molar-refractivity contribution is 7.57. The Morgan fingerprint density at radius 2 is 2.10 bits per heavy atom. The molecule has 0 spiro atoms. The summed E-state index contributed by atoms with van der Waals surface area (Å²) in [6.45, 7) is 2.62. The van der Waals surface area contributed by atoms with Crippen molar-refractivity contribution in [3.63, 3.8) is 0 Å². The molecule has 0 fully saturated rings. The summed E-state index contributed by atoms with van der Waals surface area (Å²) in [5, 5.41) is 8.22. The SMILES string of the molecule is CC(CC(=O)O)P(C)(=O)O. The standard InChI is InChI=1S/C5H11O4P/c1-4(3-5(6)7)10(2,8)9/h4H,3H2,1-2H3,(H,6,7)(H,8,9). The molecular formula is C5H11O4P. The van der Waals surface area contributed by atoms with Gasteiger partial charge in [0.25, 0.3) is 0 Å². The average molecular weight is 166 g/mol. The number of hydrogen-bond donors (Lipinski definition) is 2. The van der Waals surface area contributed by atoms with Crippen LogP contribution in [0.1, 0.15) is 13.3 Å². The van der Waals surface area contributed by atoms with E-state index in [4.69, 9.17) is 10.00 Å². The van der Waals surface area contributed by atoms with Crippen LogP contribution in [0.3, 0.4) is 0 Å². The Labute approximate surface area is 59.3 Å². The maximum atomic E-state index is 10.7. The van der Waals surface area contributed by atoms with E-state index in [1.165, 1.54) is 13.6 Å². The van der Waals surface area contributed by atoms with E-state index in [9.17, 15) is 9.36 Å². The van der Waals surface area contributed by atoms with Gasteiger partial charge in [-0.15, -0.1) is 0 Å². The summed E-state index contributed by atoms with van der Waals surface area (Å²) >= 11 is 0. The fraction of sp³-hybridized carbons (Fsp3) is 0.800. The quantitative estimate of drug-likeness (QED) is 0.606. The van der Waals surface area contributed by atoms with Gasteiger partial charge in [-0.3, -0.25) is 9.36 Å². The molecule has 4 nitrogen and oxygen atoms in total. The van der Waals surface area contributed by atoms with Gasteiger partial charge in [-0.2, -0.15) is 0 Å². The summed E-state index contributed by atoms with van der Waals surface area (Å²) in [4.78, 5) is 18.9. The van der Waals surface area contributed by atoms with Gasteiger partial charge >= 0.3 is 5.97 Å². The summed E-state index contributed by atoms with van der Waals surface area (Å²) in [7, 11) is -3.19. The second-order valence-electron chi connectivity index (χ2n) is 2.39. The third-order valence-electron chi connectivity index (χ3n) is 1.29. The molecule has 0 aliphatic heterocycles. The van der Waals surface area contributed by atoms with Crippen molar-refractivity contribution < 1.29 is 19.4 Å². The molecule has 2 atom stereocenters. The first kappa shape index (κ1) is 9.66. The van der Waals surface area contributed by atoms with Crippen LogP contribution in [0.2, 0.25) is 0 Å². The topological polar surface area (TPSA) is 74.6 Å². The van der Waals surface area contributed by atoms with Crippen LogP contribution in [0.25, 0.3) is 0 Å². The lowest BCUT2D eigenvalue weighted by molar-refractivity contribution is -0.137. The van der Waals surface area contributed by atoms with E-state index < -0.39 is 19.0 Å². The molecule has 10 heavy (non-hydrogen) atoms. The first-order valence-corrected chi connectivity index (χ1v) is 5.03. The second-order valence-corrected chi connectivity index (χ2v) is 5.16. The highest BCUT2D eigenvalue weighted by Crippen LogP contribution is 2.42. The highest BCUT2D eigenvalue weighted by Gasteiger charge is 2.22. The van der Waals surface area contributed by atoms with Gasteiger partial charge in [0.15, 0.2) is 0 Å². The van der Waals surface area contributed by atoms with Crippen molar-refractivity contribution in [1.29, 1.82) is 0 Å². The summed E-state index contributed by atoms with van der Waals surface area (Å²) in [6.07, 6.45) is -0.246. The van der Waals surface area contributed by atoms with Crippen molar-refractivity contribution in [1.82, 2.24) is 0 Å². The predicted molar refractivity (Wildman–Crippen MR) is 37.5 cm³/mol. The normalized spacial score (nSPS) is 19.5. The number of aliphatic carboxylic acids is 1. The molecule has 60 valence electrons. The van der Waals surface area contributed by atoms with Gasteiger partial charge in [0.05, 0.1) is 6.42 Å². The van der Waals surface area contributed by atoms with Gasteiger partial charge < -0.3 is 10.00 Å². The molecule has 0 saturated carbocycles. The smallest absolute Gasteiger partial charge is 0.304 e. The fourth-order valence-corrected chi connectivity index (χ4v) is 0.917. The van der Waals surface area contributed by atoms with Crippen molar-refractivity contribution in [3.8, 4) is 0 Å². The monoisotopic (exact) mass is 166 g/mol. The lowest BCUT2D eigenvalue weighted by Crippen LogP contribution is -2.09. The number of rotatable bonds is 3. The summed E-state index contributed by atoms with van der Waals surface area (Å²) in [5.41, 5.74) is -0.648. The van der Waals surface area contributed by atoms with Crippen LogP contribution >= 0.6 is 7.37 Å². The largest absolute Gasteiger partial charge is 0.481 e. The Bertz CT molecular complexity index is 170. The number of carboxylic acids is 1. The molecule has 5 heteroatoms. The second kappa shape index (κ2) is 3.17. The lowest BCUT2D eigenvalue weighted by atomic mass is 10.3. The van der Waals surface area contributed by atoms with Crippen LogP contribution in [0, 0.1) is 0 Å². The highest BCUT2D eigenvalue weighted by atomic mass is 31.2.